The maximum atomic E-state index is 5.45. The Morgan fingerprint density at radius 3 is 2.62 bits per heavy atom. The molecule has 1 N–H and O–H groups in total. The van der Waals surface area contributed by atoms with Gasteiger partial charge in [0.2, 0.25) is 0 Å². The van der Waals surface area contributed by atoms with Crippen molar-refractivity contribution in [3.05, 3.63) is 29.3 Å². The summed E-state index contributed by atoms with van der Waals surface area (Å²) in [6.45, 7) is 4.18. The molecule has 2 saturated heterocycles. The first-order valence-corrected chi connectivity index (χ1v) is 8.23. The molecule has 0 amide bonds. The van der Waals surface area contributed by atoms with Gasteiger partial charge < -0.3 is 15.0 Å². The van der Waals surface area contributed by atoms with Crippen molar-refractivity contribution in [3.63, 3.8) is 0 Å². The van der Waals surface area contributed by atoms with Crippen LogP contribution in [0.1, 0.15) is 36.8 Å². The maximum Gasteiger partial charge on any atom is 0.123 e. The third-order valence-electron chi connectivity index (χ3n) is 5.38. The SMILES string of the molecule is COc1ccc(C)cc1CNCC1CC2CCC(C1)N2C. The van der Waals surface area contributed by atoms with E-state index in [-0.39, 0.29) is 0 Å². The molecule has 0 aliphatic carbocycles. The van der Waals surface area contributed by atoms with E-state index in [1.54, 1.807) is 7.11 Å². The van der Waals surface area contributed by atoms with Gasteiger partial charge in [-0.3, -0.25) is 0 Å². The molecular formula is C18H28N2O. The molecule has 21 heavy (non-hydrogen) atoms. The van der Waals surface area contributed by atoms with Crippen LogP contribution in [0, 0.1) is 12.8 Å². The van der Waals surface area contributed by atoms with E-state index < -0.39 is 0 Å². The van der Waals surface area contributed by atoms with E-state index in [1.807, 2.05) is 0 Å². The van der Waals surface area contributed by atoms with Gasteiger partial charge in [-0.25, -0.2) is 0 Å². The van der Waals surface area contributed by atoms with Crippen molar-refractivity contribution in [1.29, 1.82) is 0 Å². The molecule has 3 nitrogen and oxygen atoms in total. The second-order valence-corrected chi connectivity index (χ2v) is 6.83. The number of benzene rings is 1. The zero-order valence-electron chi connectivity index (χ0n) is 13.6. The van der Waals surface area contributed by atoms with E-state index in [2.05, 4.69) is 42.4 Å². The predicted octanol–water partition coefficient (Wildman–Crippen LogP) is 2.97. The smallest absolute Gasteiger partial charge is 0.123 e. The second kappa shape index (κ2) is 6.37. The van der Waals surface area contributed by atoms with Crippen molar-refractivity contribution in [3.8, 4) is 5.75 Å². The Morgan fingerprint density at radius 1 is 1.24 bits per heavy atom. The van der Waals surface area contributed by atoms with Gasteiger partial charge in [0, 0.05) is 24.2 Å². The molecule has 0 spiro atoms. The van der Waals surface area contributed by atoms with Gasteiger partial charge in [-0.15, -0.1) is 0 Å². The van der Waals surface area contributed by atoms with Crippen LogP contribution >= 0.6 is 0 Å². The van der Waals surface area contributed by atoms with E-state index in [1.165, 1.54) is 36.8 Å². The van der Waals surface area contributed by atoms with Gasteiger partial charge in [0.25, 0.3) is 0 Å². The molecule has 0 aromatic heterocycles. The summed E-state index contributed by atoms with van der Waals surface area (Å²) in [7, 11) is 4.06. The first kappa shape index (κ1) is 14.9. The lowest BCUT2D eigenvalue weighted by molar-refractivity contribution is 0.133. The van der Waals surface area contributed by atoms with Crippen LogP contribution in [0.2, 0.25) is 0 Å². The van der Waals surface area contributed by atoms with Crippen molar-refractivity contribution < 1.29 is 4.74 Å². The number of piperidine rings is 1. The third-order valence-corrected chi connectivity index (χ3v) is 5.38. The van der Waals surface area contributed by atoms with E-state index in [0.29, 0.717) is 0 Å². The number of hydrogen-bond donors (Lipinski definition) is 1. The number of rotatable bonds is 5. The number of fused-ring (bicyclic) bond motifs is 2. The minimum atomic E-state index is 0.837. The molecule has 1 aromatic carbocycles. The van der Waals surface area contributed by atoms with Crippen LogP contribution in [0.3, 0.4) is 0 Å². The van der Waals surface area contributed by atoms with Crippen LogP contribution in [-0.2, 0) is 6.54 Å². The summed E-state index contributed by atoms with van der Waals surface area (Å²) in [4.78, 5) is 2.61. The Kier molecular flexibility index (Phi) is 4.51. The Bertz CT molecular complexity index is 474. The van der Waals surface area contributed by atoms with Crippen LogP contribution < -0.4 is 10.1 Å². The van der Waals surface area contributed by atoms with Crippen molar-refractivity contribution >= 4 is 0 Å². The summed E-state index contributed by atoms with van der Waals surface area (Å²) in [6, 6.07) is 8.08. The summed E-state index contributed by atoms with van der Waals surface area (Å²) in [5.74, 6) is 1.84. The molecule has 0 saturated carbocycles. The zero-order chi connectivity index (χ0) is 14.8. The minimum absolute atomic E-state index is 0.837. The third kappa shape index (κ3) is 3.24. The molecule has 2 bridgehead atoms. The lowest BCUT2D eigenvalue weighted by Gasteiger charge is -2.36. The topological polar surface area (TPSA) is 24.5 Å². The van der Waals surface area contributed by atoms with E-state index in [9.17, 15) is 0 Å². The molecule has 3 rings (SSSR count). The quantitative estimate of drug-likeness (QED) is 0.901. The van der Waals surface area contributed by atoms with Crippen LogP contribution in [0.5, 0.6) is 5.75 Å². The first-order valence-electron chi connectivity index (χ1n) is 8.23. The highest BCUT2D eigenvalue weighted by Gasteiger charge is 2.37. The van der Waals surface area contributed by atoms with Gasteiger partial charge >= 0.3 is 0 Å². The molecule has 2 heterocycles. The molecule has 2 unspecified atom stereocenters. The molecule has 3 heteroatoms. The molecule has 1 aromatic rings. The molecule has 2 aliphatic heterocycles. The number of hydrogen-bond acceptors (Lipinski definition) is 3. The average molecular weight is 288 g/mol. The Labute approximate surface area is 128 Å². The lowest BCUT2D eigenvalue weighted by Crippen LogP contribution is -2.42. The molecule has 2 fully saturated rings. The second-order valence-electron chi connectivity index (χ2n) is 6.83. The van der Waals surface area contributed by atoms with Gasteiger partial charge in [-0.05, 0) is 58.2 Å². The highest BCUT2D eigenvalue weighted by atomic mass is 16.5. The van der Waals surface area contributed by atoms with Crippen molar-refractivity contribution in [2.24, 2.45) is 5.92 Å². The van der Waals surface area contributed by atoms with Gasteiger partial charge in [-0.1, -0.05) is 17.7 Å². The average Bonchev–Trinajstić information content (AvgIpc) is 2.70. The van der Waals surface area contributed by atoms with Gasteiger partial charge in [0.05, 0.1) is 7.11 Å². The Hall–Kier alpha value is -1.06. The van der Waals surface area contributed by atoms with Crippen LogP contribution in [0.4, 0.5) is 0 Å². The molecule has 2 atom stereocenters. The summed E-state index contributed by atoms with van der Waals surface area (Å²) in [5, 5.41) is 3.66. The highest BCUT2D eigenvalue weighted by molar-refractivity contribution is 5.36. The van der Waals surface area contributed by atoms with E-state index >= 15 is 0 Å². The zero-order valence-corrected chi connectivity index (χ0v) is 13.6. The van der Waals surface area contributed by atoms with Gasteiger partial charge in [0.15, 0.2) is 0 Å². The summed E-state index contributed by atoms with van der Waals surface area (Å²) >= 11 is 0. The summed E-state index contributed by atoms with van der Waals surface area (Å²) in [5.41, 5.74) is 2.57. The van der Waals surface area contributed by atoms with Crippen LogP contribution in [0.25, 0.3) is 0 Å². The fourth-order valence-electron chi connectivity index (χ4n) is 4.15. The van der Waals surface area contributed by atoms with Gasteiger partial charge in [-0.2, -0.15) is 0 Å². The van der Waals surface area contributed by atoms with Crippen LogP contribution in [0.15, 0.2) is 18.2 Å². The molecule has 2 aliphatic rings. The molecule has 0 radical (unpaired) electrons. The summed E-state index contributed by atoms with van der Waals surface area (Å²) < 4.78 is 5.45. The van der Waals surface area contributed by atoms with E-state index in [4.69, 9.17) is 4.74 Å². The van der Waals surface area contributed by atoms with Crippen molar-refractivity contribution in [1.82, 2.24) is 10.2 Å². The Morgan fingerprint density at radius 2 is 1.95 bits per heavy atom. The minimum Gasteiger partial charge on any atom is -0.496 e. The van der Waals surface area contributed by atoms with Crippen molar-refractivity contribution in [2.45, 2.75) is 51.2 Å². The number of methoxy groups -OCH3 is 1. The van der Waals surface area contributed by atoms with Crippen LogP contribution in [-0.4, -0.2) is 37.7 Å². The highest BCUT2D eigenvalue weighted by Crippen LogP contribution is 2.37. The lowest BCUT2D eigenvalue weighted by atomic mass is 9.91. The fourth-order valence-corrected chi connectivity index (χ4v) is 4.15. The van der Waals surface area contributed by atoms with Crippen molar-refractivity contribution in [2.75, 3.05) is 20.7 Å². The maximum absolute atomic E-state index is 5.45. The molecular weight excluding hydrogens is 260 g/mol. The molecule has 116 valence electrons. The number of ether oxygens (including phenoxy) is 1. The number of nitrogens with zero attached hydrogens (tertiary/aromatic N) is 1. The van der Waals surface area contributed by atoms with Gasteiger partial charge in [0.1, 0.15) is 5.75 Å². The Balaban J connectivity index is 1.52. The first-order chi connectivity index (χ1) is 10.2. The van der Waals surface area contributed by atoms with E-state index in [0.717, 1.165) is 36.8 Å². The normalized spacial score (nSPS) is 28.8. The largest absolute Gasteiger partial charge is 0.496 e. The monoisotopic (exact) mass is 288 g/mol. The standard InChI is InChI=1S/C18H28N2O/c1-13-4-7-18(21-3)15(8-13)12-19-11-14-9-16-5-6-17(10-14)20(16)2/h4,7-8,14,16-17,19H,5-6,9-12H2,1-3H3. The number of nitrogens with one attached hydrogen (secondary N) is 1. The fraction of sp³-hybridized carbons (Fsp3) is 0.667. The number of aryl methyl sites for hydroxylation is 1. The summed E-state index contributed by atoms with van der Waals surface area (Å²) in [6.07, 6.45) is 5.54. The predicted molar refractivity (Wildman–Crippen MR) is 86.7 cm³/mol.